The van der Waals surface area contributed by atoms with Gasteiger partial charge in [0.25, 0.3) is 0 Å². The molecular weight excluding hydrogens is 362 g/mol. The molecule has 6 nitrogen and oxygen atoms in total. The molecule has 0 saturated carbocycles. The standard InChI is InChI=1S/C23H25N5O/c1-2-17-7-5-9-19(15-17)26-23(29)27-20-10-6-8-18(16-20)21-22(25-12-11-24-21)28-13-3-4-14-28/h5-12,15-16H,2-4,13-14H2,1H3,(H2,26,27,29). The zero-order valence-electron chi connectivity index (χ0n) is 16.6. The fraction of sp³-hybridized carbons (Fsp3) is 0.261. The Morgan fingerprint density at radius 1 is 0.966 bits per heavy atom. The van der Waals surface area contributed by atoms with Crippen molar-refractivity contribution in [2.75, 3.05) is 28.6 Å². The summed E-state index contributed by atoms with van der Waals surface area (Å²) in [5, 5.41) is 5.81. The van der Waals surface area contributed by atoms with Crippen LogP contribution in [0.25, 0.3) is 11.3 Å². The summed E-state index contributed by atoms with van der Waals surface area (Å²) in [4.78, 5) is 23.9. The summed E-state index contributed by atoms with van der Waals surface area (Å²) in [6.07, 6.45) is 6.73. The van der Waals surface area contributed by atoms with E-state index in [1.807, 2.05) is 48.5 Å². The summed E-state index contributed by atoms with van der Waals surface area (Å²) < 4.78 is 0. The highest BCUT2D eigenvalue weighted by Gasteiger charge is 2.19. The Labute approximate surface area is 171 Å². The number of hydrogen-bond donors (Lipinski definition) is 2. The van der Waals surface area contributed by atoms with Gasteiger partial charge in [0, 0.05) is 42.4 Å². The Balaban J connectivity index is 1.51. The van der Waals surface area contributed by atoms with Crippen LogP contribution >= 0.6 is 0 Å². The molecule has 0 aliphatic carbocycles. The van der Waals surface area contributed by atoms with E-state index in [1.54, 1.807) is 12.4 Å². The first-order valence-electron chi connectivity index (χ1n) is 10.1. The molecule has 148 valence electrons. The van der Waals surface area contributed by atoms with Crippen LogP contribution in [0.5, 0.6) is 0 Å². The van der Waals surface area contributed by atoms with E-state index in [0.29, 0.717) is 5.69 Å². The zero-order valence-corrected chi connectivity index (χ0v) is 16.6. The second-order valence-corrected chi connectivity index (χ2v) is 7.14. The lowest BCUT2D eigenvalue weighted by Gasteiger charge is -2.19. The van der Waals surface area contributed by atoms with Crippen LogP contribution in [0.1, 0.15) is 25.3 Å². The number of amides is 2. The Morgan fingerprint density at radius 3 is 2.41 bits per heavy atom. The summed E-state index contributed by atoms with van der Waals surface area (Å²) in [5.74, 6) is 0.906. The van der Waals surface area contributed by atoms with Gasteiger partial charge < -0.3 is 15.5 Å². The second kappa shape index (κ2) is 8.73. The highest BCUT2D eigenvalue weighted by atomic mass is 16.2. The summed E-state index contributed by atoms with van der Waals surface area (Å²) in [6, 6.07) is 15.3. The van der Waals surface area contributed by atoms with Crippen LogP contribution in [0, 0.1) is 0 Å². The molecular formula is C23H25N5O. The molecule has 0 unspecified atom stereocenters. The minimum atomic E-state index is -0.269. The molecule has 0 spiro atoms. The number of hydrogen-bond acceptors (Lipinski definition) is 4. The number of carbonyl (C=O) groups excluding carboxylic acids is 1. The SMILES string of the molecule is CCc1cccc(NC(=O)Nc2cccc(-c3nccnc3N3CCCC3)c2)c1. The molecule has 0 atom stereocenters. The first-order valence-corrected chi connectivity index (χ1v) is 10.1. The average molecular weight is 387 g/mol. The van der Waals surface area contributed by atoms with Gasteiger partial charge in [0.2, 0.25) is 0 Å². The normalized spacial score (nSPS) is 13.3. The minimum Gasteiger partial charge on any atom is -0.355 e. The number of benzene rings is 2. The molecule has 2 heterocycles. The van der Waals surface area contributed by atoms with E-state index in [9.17, 15) is 4.79 Å². The molecule has 2 aromatic carbocycles. The zero-order chi connectivity index (χ0) is 20.1. The van der Waals surface area contributed by atoms with Crippen molar-refractivity contribution in [3.05, 3.63) is 66.5 Å². The summed E-state index contributed by atoms with van der Waals surface area (Å²) in [7, 11) is 0. The molecule has 0 bridgehead atoms. The van der Waals surface area contributed by atoms with Crippen LogP contribution in [-0.2, 0) is 6.42 Å². The number of nitrogens with one attached hydrogen (secondary N) is 2. The van der Waals surface area contributed by atoms with Crippen molar-refractivity contribution in [1.29, 1.82) is 0 Å². The van der Waals surface area contributed by atoms with E-state index in [0.717, 1.165) is 42.3 Å². The predicted molar refractivity (Wildman–Crippen MR) is 117 cm³/mol. The highest BCUT2D eigenvalue weighted by molar-refractivity contribution is 6.00. The van der Waals surface area contributed by atoms with Gasteiger partial charge in [0.15, 0.2) is 5.82 Å². The predicted octanol–water partition coefficient (Wildman–Crippen LogP) is 4.95. The van der Waals surface area contributed by atoms with Crippen molar-refractivity contribution in [2.24, 2.45) is 0 Å². The van der Waals surface area contributed by atoms with Gasteiger partial charge in [-0.15, -0.1) is 0 Å². The maximum absolute atomic E-state index is 12.4. The number of nitrogens with zero attached hydrogens (tertiary/aromatic N) is 3. The van der Waals surface area contributed by atoms with E-state index in [1.165, 1.54) is 18.4 Å². The summed E-state index contributed by atoms with van der Waals surface area (Å²) in [5.41, 5.74) is 4.45. The van der Waals surface area contributed by atoms with Gasteiger partial charge in [-0.1, -0.05) is 31.2 Å². The van der Waals surface area contributed by atoms with Crippen molar-refractivity contribution in [3.8, 4) is 11.3 Å². The van der Waals surface area contributed by atoms with Gasteiger partial charge in [-0.25, -0.2) is 9.78 Å². The van der Waals surface area contributed by atoms with Gasteiger partial charge in [0.1, 0.15) is 5.69 Å². The largest absolute Gasteiger partial charge is 0.355 e. The number of aryl methyl sites for hydroxylation is 1. The third kappa shape index (κ3) is 4.54. The Kier molecular flexibility index (Phi) is 5.70. The van der Waals surface area contributed by atoms with Crippen molar-refractivity contribution >= 4 is 23.2 Å². The summed E-state index contributed by atoms with van der Waals surface area (Å²) >= 11 is 0. The van der Waals surface area contributed by atoms with Crippen molar-refractivity contribution in [1.82, 2.24) is 9.97 Å². The number of carbonyl (C=O) groups is 1. The first-order chi connectivity index (χ1) is 14.2. The maximum Gasteiger partial charge on any atom is 0.323 e. The molecule has 2 N–H and O–H groups in total. The second-order valence-electron chi connectivity index (χ2n) is 7.14. The van der Waals surface area contributed by atoms with Gasteiger partial charge >= 0.3 is 6.03 Å². The lowest BCUT2D eigenvalue weighted by molar-refractivity contribution is 0.262. The molecule has 4 rings (SSSR count). The Hall–Kier alpha value is -3.41. The van der Waals surface area contributed by atoms with Gasteiger partial charge in [-0.3, -0.25) is 4.98 Å². The van der Waals surface area contributed by atoms with Crippen molar-refractivity contribution in [2.45, 2.75) is 26.2 Å². The van der Waals surface area contributed by atoms with Crippen LogP contribution in [0.15, 0.2) is 60.9 Å². The quantitative estimate of drug-likeness (QED) is 0.650. The molecule has 29 heavy (non-hydrogen) atoms. The highest BCUT2D eigenvalue weighted by Crippen LogP contribution is 2.30. The van der Waals surface area contributed by atoms with E-state index in [2.05, 4.69) is 32.4 Å². The van der Waals surface area contributed by atoms with E-state index in [-0.39, 0.29) is 6.03 Å². The van der Waals surface area contributed by atoms with Crippen LogP contribution < -0.4 is 15.5 Å². The maximum atomic E-state index is 12.4. The van der Waals surface area contributed by atoms with Crippen LogP contribution in [-0.4, -0.2) is 29.1 Å². The van der Waals surface area contributed by atoms with Crippen molar-refractivity contribution in [3.63, 3.8) is 0 Å². The fourth-order valence-electron chi connectivity index (χ4n) is 3.60. The van der Waals surface area contributed by atoms with Gasteiger partial charge in [-0.05, 0) is 49.1 Å². The number of rotatable bonds is 5. The topological polar surface area (TPSA) is 70.1 Å². The monoisotopic (exact) mass is 387 g/mol. The lowest BCUT2D eigenvalue weighted by Crippen LogP contribution is -2.20. The van der Waals surface area contributed by atoms with Gasteiger partial charge in [0.05, 0.1) is 0 Å². The summed E-state index contributed by atoms with van der Waals surface area (Å²) in [6.45, 7) is 4.10. The lowest BCUT2D eigenvalue weighted by atomic mass is 10.1. The fourth-order valence-corrected chi connectivity index (χ4v) is 3.60. The molecule has 1 fully saturated rings. The van der Waals surface area contributed by atoms with Crippen LogP contribution in [0.3, 0.4) is 0 Å². The average Bonchev–Trinajstić information content (AvgIpc) is 3.29. The number of urea groups is 1. The third-order valence-electron chi connectivity index (χ3n) is 5.07. The van der Waals surface area contributed by atoms with Crippen LogP contribution in [0.4, 0.5) is 22.0 Å². The molecule has 3 aromatic rings. The van der Waals surface area contributed by atoms with E-state index in [4.69, 9.17) is 0 Å². The molecule has 1 aliphatic rings. The minimum absolute atomic E-state index is 0.269. The number of anilines is 3. The molecule has 1 saturated heterocycles. The molecule has 6 heteroatoms. The van der Waals surface area contributed by atoms with E-state index < -0.39 is 0 Å². The van der Waals surface area contributed by atoms with Crippen molar-refractivity contribution < 1.29 is 4.79 Å². The Bertz CT molecular complexity index is 998. The smallest absolute Gasteiger partial charge is 0.323 e. The molecule has 2 amide bonds. The molecule has 1 aliphatic heterocycles. The first kappa shape index (κ1) is 18.9. The van der Waals surface area contributed by atoms with E-state index >= 15 is 0 Å². The third-order valence-corrected chi connectivity index (χ3v) is 5.07. The Morgan fingerprint density at radius 2 is 1.66 bits per heavy atom. The molecule has 1 aromatic heterocycles. The molecule has 0 radical (unpaired) electrons. The van der Waals surface area contributed by atoms with Gasteiger partial charge in [-0.2, -0.15) is 0 Å². The van der Waals surface area contributed by atoms with Crippen LogP contribution in [0.2, 0.25) is 0 Å². The number of aromatic nitrogens is 2.